The fourth-order valence-corrected chi connectivity index (χ4v) is 2.48. The minimum atomic E-state index is -0.228. The number of aromatic amines is 1. The largest absolute Gasteiger partial charge is 0.370 e. The zero-order chi connectivity index (χ0) is 14.5. The molecule has 4 N–H and O–H groups in total. The van der Waals surface area contributed by atoms with E-state index < -0.39 is 0 Å². The number of nitrogens with two attached hydrogens (primary N) is 1. The SMILES string of the molecule is Cn1c2c([nH]c1=O)C=CC(NCCCCCC(N)=O)C2. The van der Waals surface area contributed by atoms with E-state index in [9.17, 15) is 9.59 Å². The van der Waals surface area contributed by atoms with Crippen molar-refractivity contribution in [1.82, 2.24) is 14.9 Å². The van der Waals surface area contributed by atoms with E-state index in [1.54, 1.807) is 11.6 Å². The van der Waals surface area contributed by atoms with Crippen LogP contribution in [0.25, 0.3) is 6.08 Å². The topological polar surface area (TPSA) is 92.9 Å². The van der Waals surface area contributed by atoms with Crippen LogP contribution in [-0.4, -0.2) is 28.0 Å². The highest BCUT2D eigenvalue weighted by molar-refractivity contribution is 5.73. The highest BCUT2D eigenvalue weighted by Crippen LogP contribution is 2.15. The van der Waals surface area contributed by atoms with Crippen LogP contribution in [0.3, 0.4) is 0 Å². The second kappa shape index (κ2) is 6.56. The van der Waals surface area contributed by atoms with Crippen LogP contribution in [-0.2, 0) is 18.3 Å². The van der Waals surface area contributed by atoms with Gasteiger partial charge in [-0.2, -0.15) is 0 Å². The van der Waals surface area contributed by atoms with Crippen LogP contribution in [0.1, 0.15) is 37.1 Å². The third kappa shape index (κ3) is 3.60. The minimum Gasteiger partial charge on any atom is -0.370 e. The lowest BCUT2D eigenvalue weighted by molar-refractivity contribution is -0.118. The molecule has 6 nitrogen and oxygen atoms in total. The van der Waals surface area contributed by atoms with E-state index in [4.69, 9.17) is 5.73 Å². The molecule has 1 heterocycles. The van der Waals surface area contributed by atoms with Crippen molar-refractivity contribution in [3.05, 3.63) is 27.9 Å². The number of rotatable bonds is 7. The van der Waals surface area contributed by atoms with Gasteiger partial charge in [-0.25, -0.2) is 4.79 Å². The van der Waals surface area contributed by atoms with Gasteiger partial charge in [-0.15, -0.1) is 0 Å². The van der Waals surface area contributed by atoms with Crippen molar-refractivity contribution in [3.63, 3.8) is 0 Å². The summed E-state index contributed by atoms with van der Waals surface area (Å²) in [6.07, 6.45) is 8.22. The molecule has 0 saturated heterocycles. The van der Waals surface area contributed by atoms with Gasteiger partial charge in [-0.1, -0.05) is 12.5 Å². The molecule has 6 heteroatoms. The Morgan fingerprint density at radius 3 is 3.05 bits per heavy atom. The highest BCUT2D eigenvalue weighted by Gasteiger charge is 2.17. The number of carbonyl (C=O) groups excluding carboxylic acids is 1. The Balaban J connectivity index is 1.72. The molecule has 0 fully saturated rings. The van der Waals surface area contributed by atoms with E-state index in [2.05, 4.69) is 16.4 Å². The van der Waals surface area contributed by atoms with Crippen molar-refractivity contribution in [2.24, 2.45) is 12.8 Å². The Bertz CT molecular complexity index is 556. The molecule has 0 radical (unpaired) electrons. The number of fused-ring (bicyclic) bond motifs is 1. The maximum atomic E-state index is 11.5. The molecule has 0 aliphatic heterocycles. The Hall–Kier alpha value is -1.82. The van der Waals surface area contributed by atoms with Crippen molar-refractivity contribution in [2.45, 2.75) is 38.1 Å². The van der Waals surface area contributed by atoms with Crippen LogP contribution < -0.4 is 16.7 Å². The zero-order valence-electron chi connectivity index (χ0n) is 11.8. The molecule has 1 unspecified atom stereocenters. The third-order valence-electron chi connectivity index (χ3n) is 3.68. The standard InChI is InChI=1S/C14H22N4O2/c1-18-12-9-10(6-7-11(12)17-14(18)20)16-8-4-2-3-5-13(15)19/h6-7,10,16H,2-5,8-9H2,1H3,(H2,15,19)(H,17,20). The predicted octanol–water partition coefficient (Wildman–Crippen LogP) is 0.287. The Kier molecular flexibility index (Phi) is 4.79. The maximum absolute atomic E-state index is 11.5. The molecule has 1 aliphatic rings. The van der Waals surface area contributed by atoms with Gasteiger partial charge in [-0.05, 0) is 25.5 Å². The quantitative estimate of drug-likeness (QED) is 0.626. The van der Waals surface area contributed by atoms with Crippen LogP contribution in [0.15, 0.2) is 10.9 Å². The van der Waals surface area contributed by atoms with Gasteiger partial charge in [0.1, 0.15) is 0 Å². The zero-order valence-corrected chi connectivity index (χ0v) is 11.8. The van der Waals surface area contributed by atoms with Crippen LogP contribution in [0.5, 0.6) is 0 Å². The van der Waals surface area contributed by atoms with Crippen molar-refractivity contribution < 1.29 is 4.79 Å². The first-order valence-corrected chi connectivity index (χ1v) is 7.05. The fourth-order valence-electron chi connectivity index (χ4n) is 2.48. The molecule has 1 atom stereocenters. The summed E-state index contributed by atoms with van der Waals surface area (Å²) in [6, 6.07) is 0.264. The summed E-state index contributed by atoms with van der Waals surface area (Å²) in [7, 11) is 1.79. The lowest BCUT2D eigenvalue weighted by Crippen LogP contribution is -2.32. The monoisotopic (exact) mass is 278 g/mol. The molecular weight excluding hydrogens is 256 g/mol. The number of amides is 1. The molecule has 110 valence electrons. The molecule has 0 saturated carbocycles. The van der Waals surface area contributed by atoms with E-state index >= 15 is 0 Å². The fraction of sp³-hybridized carbons (Fsp3) is 0.571. The van der Waals surface area contributed by atoms with Crippen molar-refractivity contribution in [2.75, 3.05) is 6.54 Å². The molecule has 1 aromatic rings. The smallest absolute Gasteiger partial charge is 0.325 e. The highest BCUT2D eigenvalue weighted by atomic mass is 16.1. The number of imidazole rings is 1. The second-order valence-corrected chi connectivity index (χ2v) is 5.25. The van der Waals surface area contributed by atoms with Gasteiger partial charge in [0.05, 0.1) is 5.69 Å². The van der Waals surface area contributed by atoms with Crippen molar-refractivity contribution >= 4 is 12.0 Å². The molecule has 1 amide bonds. The van der Waals surface area contributed by atoms with E-state index in [-0.39, 0.29) is 17.6 Å². The van der Waals surface area contributed by atoms with Gasteiger partial charge < -0.3 is 16.0 Å². The summed E-state index contributed by atoms with van der Waals surface area (Å²) in [4.78, 5) is 24.9. The average Bonchev–Trinajstić information content (AvgIpc) is 2.69. The third-order valence-corrected chi connectivity index (χ3v) is 3.68. The molecule has 20 heavy (non-hydrogen) atoms. The first-order valence-electron chi connectivity index (χ1n) is 7.05. The number of carbonyl (C=O) groups is 1. The summed E-state index contributed by atoms with van der Waals surface area (Å²) in [5.74, 6) is -0.228. The minimum absolute atomic E-state index is 0.0632. The summed E-state index contributed by atoms with van der Waals surface area (Å²) in [5, 5.41) is 3.45. The number of unbranched alkanes of at least 4 members (excludes halogenated alkanes) is 2. The number of nitrogens with zero attached hydrogens (tertiary/aromatic N) is 1. The lowest BCUT2D eigenvalue weighted by atomic mass is 10.0. The molecule has 1 aromatic heterocycles. The van der Waals surface area contributed by atoms with Gasteiger partial charge in [0, 0.05) is 31.6 Å². The number of hydrogen-bond donors (Lipinski definition) is 3. The number of aromatic nitrogens is 2. The van der Waals surface area contributed by atoms with Gasteiger partial charge in [0.2, 0.25) is 5.91 Å². The Labute approximate surface area is 118 Å². The first kappa shape index (κ1) is 14.6. The maximum Gasteiger partial charge on any atom is 0.325 e. The normalized spacial score (nSPS) is 17.1. The van der Waals surface area contributed by atoms with Gasteiger partial charge in [0.25, 0.3) is 0 Å². The first-order chi connectivity index (χ1) is 9.58. The number of primary amides is 1. The molecule has 0 aromatic carbocycles. The van der Waals surface area contributed by atoms with Gasteiger partial charge in [-0.3, -0.25) is 9.36 Å². The second-order valence-electron chi connectivity index (χ2n) is 5.25. The average molecular weight is 278 g/mol. The van der Waals surface area contributed by atoms with E-state index in [0.29, 0.717) is 6.42 Å². The summed E-state index contributed by atoms with van der Waals surface area (Å²) in [5.41, 5.74) is 6.99. The van der Waals surface area contributed by atoms with Crippen LogP contribution in [0.2, 0.25) is 0 Å². The van der Waals surface area contributed by atoms with Crippen LogP contribution in [0.4, 0.5) is 0 Å². The Morgan fingerprint density at radius 1 is 1.50 bits per heavy atom. The van der Waals surface area contributed by atoms with Gasteiger partial charge in [0.15, 0.2) is 0 Å². The van der Waals surface area contributed by atoms with Crippen molar-refractivity contribution in [3.8, 4) is 0 Å². The number of H-pyrrole nitrogens is 1. The summed E-state index contributed by atoms with van der Waals surface area (Å²) >= 11 is 0. The van der Waals surface area contributed by atoms with E-state index in [0.717, 1.165) is 43.6 Å². The molecular formula is C14H22N4O2. The lowest BCUT2D eigenvalue weighted by Gasteiger charge is -2.19. The molecule has 2 rings (SSSR count). The number of hydrogen-bond acceptors (Lipinski definition) is 3. The van der Waals surface area contributed by atoms with Crippen LogP contribution >= 0.6 is 0 Å². The van der Waals surface area contributed by atoms with E-state index in [1.807, 2.05) is 6.08 Å². The predicted molar refractivity (Wildman–Crippen MR) is 78.2 cm³/mol. The summed E-state index contributed by atoms with van der Waals surface area (Å²) < 4.78 is 1.67. The van der Waals surface area contributed by atoms with Crippen molar-refractivity contribution in [1.29, 1.82) is 0 Å². The van der Waals surface area contributed by atoms with E-state index in [1.165, 1.54) is 0 Å². The molecule has 0 bridgehead atoms. The molecule has 1 aliphatic carbocycles. The van der Waals surface area contributed by atoms with Crippen LogP contribution in [0, 0.1) is 0 Å². The number of nitrogens with one attached hydrogen (secondary N) is 2. The van der Waals surface area contributed by atoms with Gasteiger partial charge >= 0.3 is 5.69 Å². The Morgan fingerprint density at radius 2 is 2.30 bits per heavy atom. The summed E-state index contributed by atoms with van der Waals surface area (Å²) in [6.45, 7) is 0.904. The molecule has 0 spiro atoms.